The molecule has 6 nitrogen and oxygen atoms in total. The fraction of sp³-hybridized carbons (Fsp3) is 0.0952. The number of anilines is 1. The topological polar surface area (TPSA) is 85.8 Å². The van der Waals surface area contributed by atoms with Crippen LogP contribution in [0.15, 0.2) is 73.3 Å². The first kappa shape index (κ1) is 16.8. The molecule has 6 heteroatoms. The second-order valence-corrected chi connectivity index (χ2v) is 6.32. The lowest BCUT2D eigenvalue weighted by molar-refractivity contribution is 0.100. The van der Waals surface area contributed by atoms with Crippen molar-refractivity contribution in [3.63, 3.8) is 0 Å². The molecule has 0 spiro atoms. The van der Waals surface area contributed by atoms with Crippen LogP contribution in [0.5, 0.6) is 0 Å². The normalized spacial score (nSPS) is 10.8. The van der Waals surface area contributed by atoms with Crippen molar-refractivity contribution < 1.29 is 4.79 Å². The van der Waals surface area contributed by atoms with Crippen LogP contribution < -0.4 is 11.1 Å². The minimum Gasteiger partial charge on any atom is -0.380 e. The maximum absolute atomic E-state index is 11.5. The number of hydrogen-bond acceptors (Lipinski definition) is 4. The van der Waals surface area contributed by atoms with Gasteiger partial charge in [-0.1, -0.05) is 36.4 Å². The highest BCUT2D eigenvalue weighted by Crippen LogP contribution is 2.16. The molecule has 0 aliphatic rings. The third kappa shape index (κ3) is 3.64. The standard InChI is InChI=1S/C21H19N5O/c22-21(27)17-12-23-10-9-18(17)24-11-15-5-7-16(8-6-15)13-26-14-25-19-3-1-2-4-20(19)26/h1-10,12,14H,11,13H2,(H2,22,27)(H,23,24). The van der Waals surface area contributed by atoms with E-state index >= 15 is 0 Å². The molecule has 27 heavy (non-hydrogen) atoms. The zero-order valence-corrected chi connectivity index (χ0v) is 14.7. The summed E-state index contributed by atoms with van der Waals surface area (Å²) in [5, 5.41) is 3.24. The molecule has 2 aromatic carbocycles. The summed E-state index contributed by atoms with van der Waals surface area (Å²) < 4.78 is 2.14. The van der Waals surface area contributed by atoms with Crippen molar-refractivity contribution in [2.75, 3.05) is 5.32 Å². The van der Waals surface area contributed by atoms with Crippen molar-refractivity contribution in [1.29, 1.82) is 0 Å². The summed E-state index contributed by atoms with van der Waals surface area (Å²) in [5.41, 5.74) is 10.9. The molecule has 2 heterocycles. The Bertz CT molecular complexity index is 1090. The number of imidazole rings is 1. The number of aromatic nitrogens is 3. The molecule has 0 atom stereocenters. The fourth-order valence-corrected chi connectivity index (χ4v) is 3.04. The number of hydrogen-bond donors (Lipinski definition) is 2. The van der Waals surface area contributed by atoms with Gasteiger partial charge in [-0.15, -0.1) is 0 Å². The highest BCUT2D eigenvalue weighted by atomic mass is 16.1. The van der Waals surface area contributed by atoms with Crippen molar-refractivity contribution in [1.82, 2.24) is 14.5 Å². The van der Waals surface area contributed by atoms with Crippen molar-refractivity contribution in [3.05, 3.63) is 90.0 Å². The van der Waals surface area contributed by atoms with Crippen LogP contribution in [0.25, 0.3) is 11.0 Å². The number of carbonyl (C=O) groups is 1. The Morgan fingerprint density at radius 1 is 1.04 bits per heavy atom. The zero-order chi connectivity index (χ0) is 18.6. The molecule has 0 fully saturated rings. The first-order chi connectivity index (χ1) is 13.2. The molecule has 4 rings (SSSR count). The van der Waals surface area contributed by atoms with Gasteiger partial charge >= 0.3 is 0 Å². The van der Waals surface area contributed by atoms with Crippen molar-refractivity contribution in [2.24, 2.45) is 5.73 Å². The molecule has 1 amide bonds. The Morgan fingerprint density at radius 3 is 2.63 bits per heavy atom. The number of carbonyl (C=O) groups excluding carboxylic acids is 1. The first-order valence-corrected chi connectivity index (χ1v) is 8.66. The SMILES string of the molecule is NC(=O)c1cnccc1NCc1ccc(Cn2cnc3ccccc32)cc1. The molecule has 2 aromatic heterocycles. The highest BCUT2D eigenvalue weighted by Gasteiger charge is 2.07. The first-order valence-electron chi connectivity index (χ1n) is 8.66. The van der Waals surface area contributed by atoms with E-state index in [1.54, 1.807) is 12.3 Å². The van der Waals surface area contributed by atoms with Crippen LogP contribution >= 0.6 is 0 Å². The maximum atomic E-state index is 11.5. The Kier molecular flexibility index (Phi) is 4.53. The predicted molar refractivity (Wildman–Crippen MR) is 105 cm³/mol. The van der Waals surface area contributed by atoms with E-state index in [1.165, 1.54) is 11.8 Å². The Morgan fingerprint density at radius 2 is 1.81 bits per heavy atom. The summed E-state index contributed by atoms with van der Waals surface area (Å²) >= 11 is 0. The van der Waals surface area contributed by atoms with Gasteiger partial charge in [-0.05, 0) is 29.3 Å². The molecule has 4 aromatic rings. The number of benzene rings is 2. The van der Waals surface area contributed by atoms with Crippen LogP contribution in [0.1, 0.15) is 21.5 Å². The number of nitrogens with two attached hydrogens (primary N) is 1. The van der Waals surface area contributed by atoms with E-state index in [1.807, 2.05) is 24.5 Å². The van der Waals surface area contributed by atoms with Crippen LogP contribution in [-0.4, -0.2) is 20.4 Å². The Balaban J connectivity index is 1.44. The third-order valence-corrected chi connectivity index (χ3v) is 4.47. The maximum Gasteiger partial charge on any atom is 0.252 e. The molecule has 0 radical (unpaired) electrons. The minimum atomic E-state index is -0.492. The number of amides is 1. The van der Waals surface area contributed by atoms with E-state index in [0.717, 1.165) is 23.1 Å². The van der Waals surface area contributed by atoms with Gasteiger partial charge < -0.3 is 15.6 Å². The molecule has 0 saturated heterocycles. The molecule has 0 unspecified atom stereocenters. The van der Waals surface area contributed by atoms with Gasteiger partial charge in [0.15, 0.2) is 0 Å². The largest absolute Gasteiger partial charge is 0.380 e. The van der Waals surface area contributed by atoms with E-state index in [9.17, 15) is 4.79 Å². The third-order valence-electron chi connectivity index (χ3n) is 4.47. The van der Waals surface area contributed by atoms with E-state index in [-0.39, 0.29) is 0 Å². The summed E-state index contributed by atoms with van der Waals surface area (Å²) in [6.45, 7) is 1.36. The van der Waals surface area contributed by atoms with Crippen LogP contribution in [0.4, 0.5) is 5.69 Å². The zero-order valence-electron chi connectivity index (χ0n) is 14.7. The van der Waals surface area contributed by atoms with Crippen LogP contribution in [-0.2, 0) is 13.1 Å². The average molecular weight is 357 g/mol. The molecule has 0 saturated carbocycles. The molecular weight excluding hydrogens is 338 g/mol. The smallest absolute Gasteiger partial charge is 0.252 e. The monoisotopic (exact) mass is 357 g/mol. The van der Waals surface area contributed by atoms with Crippen molar-refractivity contribution in [3.8, 4) is 0 Å². The number of rotatable bonds is 6. The average Bonchev–Trinajstić information content (AvgIpc) is 3.10. The number of fused-ring (bicyclic) bond motifs is 1. The van der Waals surface area contributed by atoms with Crippen molar-refractivity contribution in [2.45, 2.75) is 13.1 Å². The molecule has 3 N–H and O–H groups in total. The molecule has 0 aliphatic heterocycles. The summed E-state index contributed by atoms with van der Waals surface area (Å²) in [5.74, 6) is -0.492. The van der Waals surface area contributed by atoms with Crippen LogP contribution in [0.3, 0.4) is 0 Å². The number of para-hydroxylation sites is 2. The van der Waals surface area contributed by atoms with E-state index < -0.39 is 5.91 Å². The van der Waals surface area contributed by atoms with Gasteiger partial charge in [-0.2, -0.15) is 0 Å². The Hall–Kier alpha value is -3.67. The predicted octanol–water partition coefficient (Wildman–Crippen LogP) is 3.19. The molecule has 134 valence electrons. The van der Waals surface area contributed by atoms with E-state index in [2.05, 4.69) is 50.2 Å². The van der Waals surface area contributed by atoms with Crippen LogP contribution in [0, 0.1) is 0 Å². The lowest BCUT2D eigenvalue weighted by Crippen LogP contribution is -2.14. The van der Waals surface area contributed by atoms with Crippen molar-refractivity contribution >= 4 is 22.6 Å². The summed E-state index contributed by atoms with van der Waals surface area (Å²) in [4.78, 5) is 19.8. The number of nitrogens with one attached hydrogen (secondary N) is 1. The van der Waals surface area contributed by atoms with E-state index in [0.29, 0.717) is 17.8 Å². The second-order valence-electron chi connectivity index (χ2n) is 6.32. The lowest BCUT2D eigenvalue weighted by atomic mass is 10.1. The summed E-state index contributed by atoms with van der Waals surface area (Å²) in [6.07, 6.45) is 4.98. The number of nitrogens with zero attached hydrogens (tertiary/aromatic N) is 3. The van der Waals surface area contributed by atoms with Gasteiger partial charge in [0.1, 0.15) is 0 Å². The quantitative estimate of drug-likeness (QED) is 0.555. The van der Waals surface area contributed by atoms with E-state index in [4.69, 9.17) is 5.73 Å². The highest BCUT2D eigenvalue weighted by molar-refractivity contribution is 5.98. The van der Waals surface area contributed by atoms with Gasteiger partial charge in [0, 0.05) is 25.5 Å². The molecule has 0 aliphatic carbocycles. The molecular formula is C21H19N5O. The molecule has 0 bridgehead atoms. The van der Waals surface area contributed by atoms with Gasteiger partial charge in [0.25, 0.3) is 5.91 Å². The second kappa shape index (κ2) is 7.29. The summed E-state index contributed by atoms with van der Waals surface area (Å²) in [7, 11) is 0. The van der Waals surface area contributed by atoms with Crippen LogP contribution in [0.2, 0.25) is 0 Å². The lowest BCUT2D eigenvalue weighted by Gasteiger charge is -2.10. The van der Waals surface area contributed by atoms with Gasteiger partial charge in [0.05, 0.1) is 28.6 Å². The number of primary amides is 1. The Labute approximate surface area is 156 Å². The van der Waals surface area contributed by atoms with Gasteiger partial charge in [-0.3, -0.25) is 9.78 Å². The van der Waals surface area contributed by atoms with Gasteiger partial charge in [-0.25, -0.2) is 4.98 Å². The fourth-order valence-electron chi connectivity index (χ4n) is 3.04. The summed E-state index contributed by atoms with van der Waals surface area (Å²) in [6, 6.07) is 18.2. The van der Waals surface area contributed by atoms with Gasteiger partial charge in [0.2, 0.25) is 0 Å². The minimum absolute atomic E-state index is 0.390. The number of pyridine rings is 1.